The van der Waals surface area contributed by atoms with Crippen molar-refractivity contribution >= 4 is 5.71 Å². The number of hydrazone groups is 1. The molecule has 0 aromatic heterocycles. The van der Waals surface area contributed by atoms with Crippen LogP contribution in [0.1, 0.15) is 42.3 Å². The maximum Gasteiger partial charge on any atom is 0.231 e. The van der Waals surface area contributed by atoms with E-state index in [4.69, 9.17) is 28.8 Å². The molecule has 7 nitrogen and oxygen atoms in total. The topological polar surface area (TPSA) is 61.8 Å². The highest BCUT2D eigenvalue weighted by atomic mass is 16.7. The fourth-order valence-electron chi connectivity index (χ4n) is 4.62. The van der Waals surface area contributed by atoms with Gasteiger partial charge in [0.25, 0.3) is 0 Å². The molecule has 3 heterocycles. The monoisotopic (exact) mass is 444 g/mol. The first-order chi connectivity index (χ1) is 16.2. The summed E-state index contributed by atoms with van der Waals surface area (Å²) in [5.41, 5.74) is 4.09. The largest absolute Gasteiger partial charge is 0.493 e. The van der Waals surface area contributed by atoms with Crippen LogP contribution in [0.2, 0.25) is 0 Å². The zero-order valence-corrected chi connectivity index (χ0v) is 18.5. The van der Waals surface area contributed by atoms with E-state index in [1.165, 1.54) is 0 Å². The van der Waals surface area contributed by atoms with Crippen LogP contribution in [-0.2, 0) is 0 Å². The molecule has 7 heteroatoms. The molecule has 0 fully saturated rings. The first kappa shape index (κ1) is 19.8. The minimum absolute atomic E-state index is 0.0675. The van der Waals surface area contributed by atoms with E-state index in [0.717, 1.165) is 46.1 Å². The van der Waals surface area contributed by atoms with Gasteiger partial charge in [-0.3, -0.25) is 0 Å². The number of hydrogen-bond donors (Lipinski definition) is 0. The van der Waals surface area contributed by atoms with Crippen LogP contribution < -0.4 is 23.7 Å². The van der Waals surface area contributed by atoms with Gasteiger partial charge < -0.3 is 23.7 Å². The van der Waals surface area contributed by atoms with Crippen molar-refractivity contribution in [3.8, 4) is 28.7 Å². The Morgan fingerprint density at radius 1 is 0.970 bits per heavy atom. The second-order valence-corrected chi connectivity index (χ2v) is 8.07. The second-order valence-electron chi connectivity index (χ2n) is 8.07. The molecular weight excluding hydrogens is 420 g/mol. The molecule has 0 bridgehead atoms. The summed E-state index contributed by atoms with van der Waals surface area (Å²) in [5.74, 6) is 3.78. The predicted molar refractivity (Wildman–Crippen MR) is 122 cm³/mol. The minimum atomic E-state index is -0.388. The van der Waals surface area contributed by atoms with Crippen LogP contribution in [0.3, 0.4) is 0 Å². The van der Waals surface area contributed by atoms with Crippen molar-refractivity contribution in [2.24, 2.45) is 5.10 Å². The van der Waals surface area contributed by atoms with E-state index in [2.05, 4.69) is 11.1 Å². The van der Waals surface area contributed by atoms with E-state index >= 15 is 0 Å². The molecule has 6 rings (SSSR count). The number of hydrogen-bond acceptors (Lipinski definition) is 7. The minimum Gasteiger partial charge on any atom is -0.493 e. The Morgan fingerprint density at radius 3 is 2.73 bits per heavy atom. The Bertz CT molecular complexity index is 1240. The lowest BCUT2D eigenvalue weighted by atomic mass is 9.95. The third kappa shape index (κ3) is 3.31. The molecule has 0 unspecified atom stereocenters. The number of rotatable bonds is 5. The van der Waals surface area contributed by atoms with Crippen molar-refractivity contribution in [1.82, 2.24) is 5.01 Å². The Kier molecular flexibility index (Phi) is 4.75. The molecule has 0 saturated heterocycles. The molecule has 3 aromatic rings. The number of ether oxygens (including phenoxy) is 5. The Hall–Kier alpha value is -3.87. The highest BCUT2D eigenvalue weighted by Crippen LogP contribution is 2.48. The Balaban J connectivity index is 1.41. The van der Waals surface area contributed by atoms with Gasteiger partial charge in [-0.05, 0) is 49.4 Å². The lowest BCUT2D eigenvalue weighted by Crippen LogP contribution is -2.33. The molecule has 0 saturated carbocycles. The maximum atomic E-state index is 6.47. The van der Waals surface area contributed by atoms with Gasteiger partial charge in [0.05, 0.1) is 25.5 Å². The summed E-state index contributed by atoms with van der Waals surface area (Å²) in [4.78, 5) is 0. The van der Waals surface area contributed by atoms with Gasteiger partial charge in [-0.25, -0.2) is 5.01 Å². The summed E-state index contributed by atoms with van der Waals surface area (Å²) in [6, 6.07) is 20.1. The van der Waals surface area contributed by atoms with Crippen LogP contribution in [0.15, 0.2) is 65.8 Å². The SMILES string of the molecule is CCOc1ccc([C@H]2Oc3ccccc3[C@@H]3CC(c4ccc5c(c4)OCO5)=NN23)cc1OC. The van der Waals surface area contributed by atoms with Gasteiger partial charge in [0.15, 0.2) is 23.0 Å². The molecule has 168 valence electrons. The summed E-state index contributed by atoms with van der Waals surface area (Å²) in [7, 11) is 1.65. The van der Waals surface area contributed by atoms with Crippen LogP contribution in [0, 0.1) is 0 Å². The third-order valence-electron chi connectivity index (χ3n) is 6.18. The van der Waals surface area contributed by atoms with Gasteiger partial charge >= 0.3 is 0 Å². The van der Waals surface area contributed by atoms with E-state index < -0.39 is 0 Å². The van der Waals surface area contributed by atoms with Crippen molar-refractivity contribution in [3.05, 3.63) is 77.4 Å². The summed E-state index contributed by atoms with van der Waals surface area (Å²) < 4.78 is 28.8. The molecule has 0 spiro atoms. The fraction of sp³-hybridized carbons (Fsp3) is 0.269. The molecule has 33 heavy (non-hydrogen) atoms. The summed E-state index contributed by atoms with van der Waals surface area (Å²) >= 11 is 0. The molecule has 0 N–H and O–H groups in total. The van der Waals surface area contributed by atoms with Crippen LogP contribution in [0.25, 0.3) is 0 Å². The Morgan fingerprint density at radius 2 is 1.85 bits per heavy atom. The average Bonchev–Trinajstić information content (AvgIpc) is 3.51. The molecule has 0 aliphatic carbocycles. The van der Waals surface area contributed by atoms with Crippen LogP contribution in [0.4, 0.5) is 0 Å². The highest BCUT2D eigenvalue weighted by molar-refractivity contribution is 6.02. The van der Waals surface area contributed by atoms with Crippen LogP contribution in [0.5, 0.6) is 28.7 Å². The molecule has 3 aliphatic heterocycles. The van der Waals surface area contributed by atoms with Crippen molar-refractivity contribution in [2.75, 3.05) is 20.5 Å². The highest BCUT2D eigenvalue weighted by Gasteiger charge is 2.41. The van der Waals surface area contributed by atoms with Gasteiger partial charge in [-0.2, -0.15) is 5.10 Å². The summed E-state index contributed by atoms with van der Waals surface area (Å²) in [5, 5.41) is 7.09. The molecule has 0 amide bonds. The first-order valence-electron chi connectivity index (χ1n) is 11.1. The number of benzene rings is 3. The van der Waals surface area contributed by atoms with E-state index in [9.17, 15) is 0 Å². The number of para-hydroxylation sites is 1. The zero-order chi connectivity index (χ0) is 22.4. The van der Waals surface area contributed by atoms with Crippen LogP contribution >= 0.6 is 0 Å². The van der Waals surface area contributed by atoms with Gasteiger partial charge in [-0.15, -0.1) is 0 Å². The summed E-state index contributed by atoms with van der Waals surface area (Å²) in [6.07, 6.45) is 0.381. The lowest BCUT2D eigenvalue weighted by molar-refractivity contribution is -0.0191. The van der Waals surface area contributed by atoms with Crippen molar-refractivity contribution in [1.29, 1.82) is 0 Å². The number of fused-ring (bicyclic) bond motifs is 4. The third-order valence-corrected chi connectivity index (χ3v) is 6.18. The van der Waals surface area contributed by atoms with E-state index in [1.54, 1.807) is 7.11 Å². The second kappa shape index (κ2) is 7.92. The smallest absolute Gasteiger partial charge is 0.231 e. The quantitative estimate of drug-likeness (QED) is 0.548. The molecule has 2 atom stereocenters. The normalized spacial score (nSPS) is 19.9. The average molecular weight is 444 g/mol. The van der Waals surface area contributed by atoms with E-state index in [1.807, 2.05) is 61.5 Å². The van der Waals surface area contributed by atoms with Gasteiger partial charge in [0.2, 0.25) is 13.0 Å². The molecule has 3 aliphatic rings. The lowest BCUT2D eigenvalue weighted by Gasteiger charge is -2.38. The standard InChI is InChI=1S/C26H24N2O5/c1-3-30-22-11-9-17(13-24(22)29-2)26-28-20(18-6-4-5-7-21(18)33-26)14-19(27-28)16-8-10-23-25(12-16)32-15-31-23/h4-13,20,26H,3,14-15H2,1-2H3/t20-,26+/m0/s1. The predicted octanol–water partition coefficient (Wildman–Crippen LogP) is 5.06. The van der Waals surface area contributed by atoms with Crippen LogP contribution in [-0.4, -0.2) is 31.2 Å². The van der Waals surface area contributed by atoms with Gasteiger partial charge in [0, 0.05) is 23.1 Å². The van der Waals surface area contributed by atoms with E-state index in [0.29, 0.717) is 18.1 Å². The van der Waals surface area contributed by atoms with Crippen molar-refractivity contribution in [2.45, 2.75) is 25.6 Å². The van der Waals surface area contributed by atoms with Gasteiger partial charge in [0.1, 0.15) is 5.75 Å². The van der Waals surface area contributed by atoms with Crippen molar-refractivity contribution < 1.29 is 23.7 Å². The Labute approximate surface area is 192 Å². The fourth-order valence-corrected chi connectivity index (χ4v) is 4.62. The number of nitrogens with zero attached hydrogens (tertiary/aromatic N) is 2. The van der Waals surface area contributed by atoms with Gasteiger partial charge in [-0.1, -0.05) is 18.2 Å². The zero-order valence-electron chi connectivity index (χ0n) is 18.5. The molecule has 0 radical (unpaired) electrons. The molecule has 3 aromatic carbocycles. The van der Waals surface area contributed by atoms with E-state index in [-0.39, 0.29) is 19.1 Å². The first-order valence-corrected chi connectivity index (χ1v) is 11.1. The number of methoxy groups -OCH3 is 1. The van der Waals surface area contributed by atoms with Crippen molar-refractivity contribution in [3.63, 3.8) is 0 Å². The molecular formula is C26H24N2O5. The maximum absolute atomic E-state index is 6.47. The summed E-state index contributed by atoms with van der Waals surface area (Å²) in [6.45, 7) is 2.78.